The minimum atomic E-state index is -1.83. The van der Waals surface area contributed by atoms with Crippen LogP contribution in [0.3, 0.4) is 0 Å². The molecule has 2 aliphatic heterocycles. The van der Waals surface area contributed by atoms with Crippen LogP contribution in [0.15, 0.2) is 48.5 Å². The molecule has 0 saturated carbocycles. The van der Waals surface area contributed by atoms with E-state index in [1.807, 2.05) is 42.5 Å². The highest BCUT2D eigenvalue weighted by Crippen LogP contribution is 2.26. The third-order valence-corrected chi connectivity index (χ3v) is 6.19. The van der Waals surface area contributed by atoms with Gasteiger partial charge < -0.3 is 25.3 Å². The monoisotopic (exact) mass is 434 g/mol. The van der Waals surface area contributed by atoms with Crippen molar-refractivity contribution in [2.45, 2.75) is 31.7 Å². The van der Waals surface area contributed by atoms with Crippen LogP contribution >= 0.6 is 0 Å². The number of fused-ring (bicyclic) bond motifs is 1. The highest BCUT2D eigenvalue weighted by Gasteiger charge is 2.36. The Kier molecular flexibility index (Phi) is 6.40. The molecule has 1 saturated heterocycles. The number of rotatable bonds is 6. The van der Waals surface area contributed by atoms with E-state index >= 15 is 0 Å². The standard InChI is InChI=1S/C24H26N4O4/c25-11-17-5-3-4-8-20(17)27-10-9-16(13-27)12-26-23(31)21(29)22(30)24(32)28-14-18-6-1-2-7-19(18)15-28/h1-8,16,21-22,29-30H,9-10,12-15H2,(H,26,31)/t16?,21-,22-/m1/s1. The second kappa shape index (κ2) is 9.39. The first-order valence-corrected chi connectivity index (χ1v) is 10.7. The number of carbonyl (C=O) groups is 2. The van der Waals surface area contributed by atoms with Gasteiger partial charge in [0.1, 0.15) is 6.07 Å². The molecule has 2 heterocycles. The molecule has 2 amide bonds. The fraction of sp³-hybridized carbons (Fsp3) is 0.375. The number of hydrogen-bond donors (Lipinski definition) is 3. The van der Waals surface area contributed by atoms with E-state index in [0.29, 0.717) is 31.7 Å². The zero-order chi connectivity index (χ0) is 22.7. The van der Waals surface area contributed by atoms with Crippen LogP contribution in [0.4, 0.5) is 5.69 Å². The minimum Gasteiger partial charge on any atom is -0.380 e. The Bertz CT molecular complexity index is 1030. The first-order valence-electron chi connectivity index (χ1n) is 10.7. The van der Waals surface area contributed by atoms with Gasteiger partial charge >= 0.3 is 0 Å². The predicted octanol–water partition coefficient (Wildman–Crippen LogP) is 0.765. The van der Waals surface area contributed by atoms with Crippen LogP contribution in [0.5, 0.6) is 0 Å². The van der Waals surface area contributed by atoms with Crippen molar-refractivity contribution in [1.29, 1.82) is 5.26 Å². The lowest BCUT2D eigenvalue weighted by atomic mass is 10.1. The Morgan fingerprint density at radius 3 is 2.41 bits per heavy atom. The van der Waals surface area contributed by atoms with Crippen LogP contribution in [0.2, 0.25) is 0 Å². The Balaban J connectivity index is 1.27. The molecular formula is C24H26N4O4. The van der Waals surface area contributed by atoms with Crippen molar-refractivity contribution >= 4 is 17.5 Å². The Hall–Kier alpha value is -3.41. The van der Waals surface area contributed by atoms with Gasteiger partial charge in [0.25, 0.3) is 11.8 Å². The lowest BCUT2D eigenvalue weighted by Crippen LogP contribution is -2.50. The summed E-state index contributed by atoms with van der Waals surface area (Å²) in [4.78, 5) is 28.5. The van der Waals surface area contributed by atoms with Gasteiger partial charge in [-0.05, 0) is 35.6 Å². The molecule has 1 fully saturated rings. The first kappa shape index (κ1) is 21.8. The highest BCUT2D eigenvalue weighted by atomic mass is 16.3. The van der Waals surface area contributed by atoms with Crippen molar-refractivity contribution < 1.29 is 19.8 Å². The van der Waals surface area contributed by atoms with Gasteiger partial charge in [0.2, 0.25) is 0 Å². The maximum Gasteiger partial charge on any atom is 0.255 e. The van der Waals surface area contributed by atoms with Gasteiger partial charge in [-0.25, -0.2) is 0 Å². The molecule has 0 aliphatic carbocycles. The Morgan fingerprint density at radius 1 is 1.06 bits per heavy atom. The van der Waals surface area contributed by atoms with Gasteiger partial charge in [-0.15, -0.1) is 0 Å². The molecule has 4 rings (SSSR count). The fourth-order valence-corrected chi connectivity index (χ4v) is 4.37. The third kappa shape index (κ3) is 4.44. The van der Waals surface area contributed by atoms with Crippen LogP contribution in [-0.4, -0.2) is 58.8 Å². The van der Waals surface area contributed by atoms with Crippen molar-refractivity contribution in [3.8, 4) is 6.07 Å². The number of aliphatic hydroxyl groups is 2. The number of benzene rings is 2. The van der Waals surface area contributed by atoms with Gasteiger partial charge in [-0.1, -0.05) is 36.4 Å². The third-order valence-electron chi connectivity index (χ3n) is 6.19. The molecule has 32 heavy (non-hydrogen) atoms. The molecule has 8 heteroatoms. The summed E-state index contributed by atoms with van der Waals surface area (Å²) in [6.45, 7) is 2.45. The molecule has 0 bridgehead atoms. The van der Waals surface area contributed by atoms with Gasteiger partial charge in [0.05, 0.1) is 11.3 Å². The van der Waals surface area contributed by atoms with E-state index < -0.39 is 24.0 Å². The number of nitrogens with one attached hydrogen (secondary N) is 1. The van der Waals surface area contributed by atoms with Crippen LogP contribution in [0.25, 0.3) is 0 Å². The Morgan fingerprint density at radius 2 is 1.72 bits per heavy atom. The second-order valence-electron chi connectivity index (χ2n) is 8.33. The van der Waals surface area contributed by atoms with Crippen molar-refractivity contribution in [3.63, 3.8) is 0 Å². The number of amides is 2. The molecule has 3 atom stereocenters. The van der Waals surface area contributed by atoms with Crippen LogP contribution in [-0.2, 0) is 22.7 Å². The molecule has 3 N–H and O–H groups in total. The number of para-hydroxylation sites is 1. The summed E-state index contributed by atoms with van der Waals surface area (Å²) in [6, 6.07) is 17.2. The molecule has 2 aromatic carbocycles. The summed E-state index contributed by atoms with van der Waals surface area (Å²) in [6.07, 6.45) is -2.82. The molecule has 0 spiro atoms. The second-order valence-corrected chi connectivity index (χ2v) is 8.33. The van der Waals surface area contributed by atoms with E-state index in [4.69, 9.17) is 0 Å². The van der Waals surface area contributed by atoms with Gasteiger partial charge in [-0.2, -0.15) is 5.26 Å². The molecule has 1 unspecified atom stereocenters. The maximum absolute atomic E-state index is 12.6. The van der Waals surface area contributed by atoms with Crippen molar-refractivity contribution in [2.24, 2.45) is 5.92 Å². The van der Waals surface area contributed by atoms with E-state index in [1.54, 1.807) is 6.07 Å². The lowest BCUT2D eigenvalue weighted by molar-refractivity contribution is -0.153. The van der Waals surface area contributed by atoms with Gasteiger partial charge in [0.15, 0.2) is 12.2 Å². The molecule has 166 valence electrons. The smallest absolute Gasteiger partial charge is 0.255 e. The Labute approximate surface area is 186 Å². The highest BCUT2D eigenvalue weighted by molar-refractivity contribution is 5.91. The fourth-order valence-electron chi connectivity index (χ4n) is 4.37. The molecular weight excluding hydrogens is 408 g/mol. The van der Waals surface area contributed by atoms with Crippen molar-refractivity contribution in [2.75, 3.05) is 24.5 Å². The van der Waals surface area contributed by atoms with E-state index in [-0.39, 0.29) is 5.92 Å². The number of anilines is 1. The normalized spacial score (nSPS) is 19.2. The topological polar surface area (TPSA) is 117 Å². The summed E-state index contributed by atoms with van der Waals surface area (Å²) < 4.78 is 0. The first-order chi connectivity index (χ1) is 15.5. The van der Waals surface area contributed by atoms with Crippen LogP contribution < -0.4 is 10.2 Å². The number of nitrogens with zero attached hydrogens (tertiary/aromatic N) is 3. The maximum atomic E-state index is 12.6. The van der Waals surface area contributed by atoms with E-state index in [9.17, 15) is 25.1 Å². The van der Waals surface area contributed by atoms with Gasteiger partial charge in [-0.3, -0.25) is 9.59 Å². The van der Waals surface area contributed by atoms with E-state index in [2.05, 4.69) is 16.3 Å². The van der Waals surface area contributed by atoms with Crippen LogP contribution in [0.1, 0.15) is 23.1 Å². The number of aliphatic hydroxyl groups excluding tert-OH is 2. The number of nitriles is 1. The molecule has 2 aromatic rings. The number of carbonyl (C=O) groups excluding carboxylic acids is 2. The predicted molar refractivity (Wildman–Crippen MR) is 117 cm³/mol. The summed E-state index contributed by atoms with van der Waals surface area (Å²) in [5.74, 6) is -1.29. The van der Waals surface area contributed by atoms with Crippen molar-refractivity contribution in [1.82, 2.24) is 10.2 Å². The quantitative estimate of drug-likeness (QED) is 0.618. The summed E-state index contributed by atoms with van der Waals surface area (Å²) in [5, 5.41) is 32.5. The molecule has 0 aromatic heterocycles. The SMILES string of the molecule is N#Cc1ccccc1N1CCC(CNC(=O)[C@H](O)[C@@H](O)C(=O)N2Cc3ccccc3C2)C1. The van der Waals surface area contributed by atoms with Crippen LogP contribution in [0, 0.1) is 17.2 Å². The largest absolute Gasteiger partial charge is 0.380 e. The van der Waals surface area contributed by atoms with Crippen molar-refractivity contribution in [3.05, 3.63) is 65.2 Å². The number of hydrogen-bond acceptors (Lipinski definition) is 6. The zero-order valence-electron chi connectivity index (χ0n) is 17.6. The van der Waals surface area contributed by atoms with E-state index in [1.165, 1.54) is 4.90 Å². The minimum absolute atomic E-state index is 0.138. The average molecular weight is 434 g/mol. The average Bonchev–Trinajstić information content (AvgIpc) is 3.48. The lowest BCUT2D eigenvalue weighted by Gasteiger charge is -2.23. The molecule has 0 radical (unpaired) electrons. The van der Waals surface area contributed by atoms with E-state index in [0.717, 1.165) is 29.8 Å². The summed E-state index contributed by atoms with van der Waals surface area (Å²) in [5.41, 5.74) is 3.47. The zero-order valence-corrected chi connectivity index (χ0v) is 17.6. The molecule has 8 nitrogen and oxygen atoms in total. The van der Waals surface area contributed by atoms with Gasteiger partial charge in [0, 0.05) is 32.7 Å². The summed E-state index contributed by atoms with van der Waals surface area (Å²) in [7, 11) is 0. The molecule has 2 aliphatic rings. The summed E-state index contributed by atoms with van der Waals surface area (Å²) >= 11 is 0.